The number of carbonyl (C=O) groups excluding carboxylic acids is 1. The third-order valence-electron chi connectivity index (χ3n) is 2.56. The minimum absolute atomic E-state index is 0.0827. The number of hydrogen-bond donors (Lipinski definition) is 4. The number of phenols is 2. The van der Waals surface area contributed by atoms with E-state index >= 15 is 0 Å². The van der Waals surface area contributed by atoms with Crippen LogP contribution in [0, 0.1) is 5.92 Å². The summed E-state index contributed by atoms with van der Waals surface area (Å²) in [5, 5.41) is 30.4. The predicted molar refractivity (Wildman–Crippen MR) is 68.1 cm³/mol. The maximum atomic E-state index is 11.9. The highest BCUT2D eigenvalue weighted by Crippen LogP contribution is 2.26. The second-order valence-electron chi connectivity index (χ2n) is 4.67. The Morgan fingerprint density at radius 2 is 1.74 bits per heavy atom. The van der Waals surface area contributed by atoms with E-state index in [1.54, 1.807) is 0 Å². The van der Waals surface area contributed by atoms with Crippen LogP contribution in [0.1, 0.15) is 30.6 Å². The Bertz CT molecular complexity index is 464. The van der Waals surface area contributed by atoms with Crippen LogP contribution in [0.2, 0.25) is 0 Å². The van der Waals surface area contributed by atoms with Crippen molar-refractivity contribution in [3.63, 3.8) is 0 Å². The van der Waals surface area contributed by atoms with Gasteiger partial charge in [-0.25, -0.2) is 4.79 Å². The molecule has 0 spiro atoms. The molecule has 19 heavy (non-hydrogen) atoms. The van der Waals surface area contributed by atoms with Crippen LogP contribution in [0.3, 0.4) is 0 Å². The first-order valence-electron chi connectivity index (χ1n) is 5.87. The van der Waals surface area contributed by atoms with Crippen LogP contribution in [0.4, 0.5) is 0 Å². The van der Waals surface area contributed by atoms with Gasteiger partial charge in [0.25, 0.3) is 5.91 Å². The Hall–Kier alpha value is -2.24. The summed E-state index contributed by atoms with van der Waals surface area (Å²) in [5.74, 6) is -2.68. The summed E-state index contributed by atoms with van der Waals surface area (Å²) in [5.41, 5.74) is -0.322. The summed E-state index contributed by atoms with van der Waals surface area (Å²) in [4.78, 5) is 22.9. The van der Waals surface area contributed by atoms with Gasteiger partial charge in [0.1, 0.15) is 23.1 Å². The SMILES string of the molecule is CC(C)C[C@H](NC(=O)c1c(O)cccc1O)C(=O)O. The first kappa shape index (κ1) is 14.8. The van der Waals surface area contributed by atoms with Crippen molar-refractivity contribution in [3.8, 4) is 11.5 Å². The van der Waals surface area contributed by atoms with E-state index in [4.69, 9.17) is 5.11 Å². The molecule has 0 saturated heterocycles. The molecule has 1 aromatic carbocycles. The monoisotopic (exact) mass is 267 g/mol. The van der Waals surface area contributed by atoms with Crippen LogP contribution in [0.25, 0.3) is 0 Å². The summed E-state index contributed by atoms with van der Waals surface area (Å²) in [6, 6.07) is 2.80. The summed E-state index contributed by atoms with van der Waals surface area (Å²) in [7, 11) is 0. The van der Waals surface area contributed by atoms with Crippen molar-refractivity contribution in [3.05, 3.63) is 23.8 Å². The highest BCUT2D eigenvalue weighted by atomic mass is 16.4. The lowest BCUT2D eigenvalue weighted by atomic mass is 10.0. The van der Waals surface area contributed by atoms with Gasteiger partial charge < -0.3 is 20.6 Å². The molecule has 0 aliphatic carbocycles. The van der Waals surface area contributed by atoms with Gasteiger partial charge in [0.2, 0.25) is 0 Å². The quantitative estimate of drug-likeness (QED) is 0.643. The molecule has 0 heterocycles. The van der Waals surface area contributed by atoms with E-state index in [9.17, 15) is 19.8 Å². The summed E-state index contributed by atoms with van der Waals surface area (Å²) in [6.07, 6.45) is 0.259. The molecule has 0 radical (unpaired) electrons. The third kappa shape index (κ3) is 3.87. The third-order valence-corrected chi connectivity index (χ3v) is 2.56. The number of carboxylic acids is 1. The number of aromatic hydroxyl groups is 2. The van der Waals surface area contributed by atoms with Crippen molar-refractivity contribution < 1.29 is 24.9 Å². The van der Waals surface area contributed by atoms with Crippen LogP contribution in [0.15, 0.2) is 18.2 Å². The van der Waals surface area contributed by atoms with Crippen molar-refractivity contribution >= 4 is 11.9 Å². The number of carboxylic acid groups (broad SMARTS) is 1. The first-order chi connectivity index (χ1) is 8.82. The number of amides is 1. The number of nitrogens with one attached hydrogen (secondary N) is 1. The zero-order valence-corrected chi connectivity index (χ0v) is 10.8. The average molecular weight is 267 g/mol. The number of benzene rings is 1. The van der Waals surface area contributed by atoms with Gasteiger partial charge in [-0.1, -0.05) is 19.9 Å². The van der Waals surface area contributed by atoms with E-state index in [1.807, 2.05) is 13.8 Å². The highest BCUT2D eigenvalue weighted by molar-refractivity contribution is 6.01. The second-order valence-corrected chi connectivity index (χ2v) is 4.67. The lowest BCUT2D eigenvalue weighted by molar-refractivity contribution is -0.139. The Balaban J connectivity index is 2.91. The number of rotatable bonds is 5. The maximum Gasteiger partial charge on any atom is 0.326 e. The molecular formula is C13H17NO5. The fraction of sp³-hybridized carbons (Fsp3) is 0.385. The van der Waals surface area contributed by atoms with E-state index in [1.165, 1.54) is 18.2 Å². The molecule has 6 nitrogen and oxygen atoms in total. The van der Waals surface area contributed by atoms with Crippen molar-refractivity contribution in [2.45, 2.75) is 26.3 Å². The van der Waals surface area contributed by atoms with Crippen LogP contribution in [-0.2, 0) is 4.79 Å². The largest absolute Gasteiger partial charge is 0.507 e. The smallest absolute Gasteiger partial charge is 0.326 e. The van der Waals surface area contributed by atoms with E-state index in [2.05, 4.69) is 5.32 Å². The topological polar surface area (TPSA) is 107 Å². The zero-order valence-electron chi connectivity index (χ0n) is 10.8. The maximum absolute atomic E-state index is 11.9. The molecule has 0 bridgehead atoms. The second kappa shape index (κ2) is 6.08. The zero-order chi connectivity index (χ0) is 14.6. The summed E-state index contributed by atoms with van der Waals surface area (Å²) in [6.45, 7) is 3.67. The first-order valence-corrected chi connectivity index (χ1v) is 5.87. The van der Waals surface area contributed by atoms with Gasteiger partial charge >= 0.3 is 5.97 Å². The predicted octanol–water partition coefficient (Wildman–Crippen LogP) is 1.33. The van der Waals surface area contributed by atoms with Gasteiger partial charge in [0.05, 0.1) is 0 Å². The van der Waals surface area contributed by atoms with Crippen LogP contribution in [0.5, 0.6) is 11.5 Å². The van der Waals surface area contributed by atoms with Gasteiger partial charge in [-0.15, -0.1) is 0 Å². The molecule has 0 unspecified atom stereocenters. The number of hydrogen-bond acceptors (Lipinski definition) is 4. The number of carbonyl (C=O) groups is 2. The van der Waals surface area contributed by atoms with Crippen molar-refractivity contribution in [2.75, 3.05) is 0 Å². The summed E-state index contributed by atoms with van der Waals surface area (Å²) < 4.78 is 0. The standard InChI is InChI=1S/C13H17NO5/c1-7(2)6-8(13(18)19)14-12(17)11-9(15)4-3-5-10(11)16/h3-5,7-8,15-16H,6H2,1-2H3,(H,14,17)(H,18,19)/t8-/m0/s1. The van der Waals surface area contributed by atoms with E-state index in [-0.39, 0.29) is 17.9 Å². The minimum Gasteiger partial charge on any atom is -0.507 e. The molecule has 1 amide bonds. The fourth-order valence-electron chi connectivity index (χ4n) is 1.68. The molecular weight excluding hydrogens is 250 g/mol. The van der Waals surface area contributed by atoms with Crippen molar-refractivity contribution in [1.29, 1.82) is 0 Å². The average Bonchev–Trinajstić information content (AvgIpc) is 2.27. The van der Waals surface area contributed by atoms with Crippen LogP contribution < -0.4 is 5.32 Å². The van der Waals surface area contributed by atoms with Gasteiger partial charge in [-0.2, -0.15) is 0 Å². The number of aliphatic carboxylic acids is 1. The van der Waals surface area contributed by atoms with Crippen molar-refractivity contribution in [1.82, 2.24) is 5.32 Å². The Morgan fingerprint density at radius 3 is 2.16 bits per heavy atom. The molecule has 0 fully saturated rings. The van der Waals surface area contributed by atoms with E-state index in [0.717, 1.165) is 0 Å². The molecule has 4 N–H and O–H groups in total. The Kier molecular flexibility index (Phi) is 4.74. The minimum atomic E-state index is -1.16. The van der Waals surface area contributed by atoms with Gasteiger partial charge in [-0.05, 0) is 24.5 Å². The van der Waals surface area contributed by atoms with Gasteiger partial charge in [0.15, 0.2) is 0 Å². The van der Waals surface area contributed by atoms with Crippen molar-refractivity contribution in [2.24, 2.45) is 5.92 Å². The Morgan fingerprint density at radius 1 is 1.21 bits per heavy atom. The molecule has 0 aromatic heterocycles. The molecule has 0 aliphatic rings. The fourth-order valence-corrected chi connectivity index (χ4v) is 1.68. The normalized spacial score (nSPS) is 12.2. The number of phenolic OH excluding ortho intramolecular Hbond substituents is 2. The lowest BCUT2D eigenvalue weighted by Crippen LogP contribution is -2.41. The van der Waals surface area contributed by atoms with Gasteiger partial charge in [0, 0.05) is 0 Å². The molecule has 0 aliphatic heterocycles. The van der Waals surface area contributed by atoms with Crippen LogP contribution in [-0.4, -0.2) is 33.2 Å². The molecule has 1 atom stereocenters. The Labute approximate surface area is 110 Å². The van der Waals surface area contributed by atoms with Gasteiger partial charge in [-0.3, -0.25) is 4.79 Å². The molecule has 1 rings (SSSR count). The molecule has 0 saturated carbocycles. The van der Waals surface area contributed by atoms with E-state index < -0.39 is 29.4 Å². The molecule has 1 aromatic rings. The highest BCUT2D eigenvalue weighted by Gasteiger charge is 2.24. The van der Waals surface area contributed by atoms with Crippen LogP contribution >= 0.6 is 0 Å². The summed E-state index contributed by atoms with van der Waals surface area (Å²) >= 11 is 0. The lowest BCUT2D eigenvalue weighted by Gasteiger charge is -2.17. The molecule has 6 heteroatoms. The molecule has 104 valence electrons. The van der Waals surface area contributed by atoms with E-state index in [0.29, 0.717) is 0 Å².